The van der Waals surface area contributed by atoms with Crippen LogP contribution in [0.4, 0.5) is 13.2 Å². The number of ether oxygens (including phenoxy) is 2. The van der Waals surface area contributed by atoms with E-state index in [0.29, 0.717) is 26.1 Å². The quantitative estimate of drug-likeness (QED) is 0.922. The molecule has 1 aromatic carbocycles. The highest BCUT2D eigenvalue weighted by Gasteiger charge is 2.34. The third-order valence-corrected chi connectivity index (χ3v) is 3.18. The summed E-state index contributed by atoms with van der Waals surface area (Å²) in [6.45, 7) is 1.04. The van der Waals surface area contributed by atoms with Crippen molar-refractivity contribution in [3.63, 3.8) is 0 Å². The third kappa shape index (κ3) is 3.84. The van der Waals surface area contributed by atoms with Gasteiger partial charge in [0.2, 0.25) is 0 Å². The number of rotatable bonds is 3. The number of hydrogen-bond acceptors (Lipinski definition) is 3. The summed E-state index contributed by atoms with van der Waals surface area (Å²) >= 11 is 0. The summed E-state index contributed by atoms with van der Waals surface area (Å²) < 4.78 is 46.0. The molecule has 1 atom stereocenters. The highest BCUT2D eigenvalue weighted by molar-refractivity contribution is 5.35. The van der Waals surface area contributed by atoms with Gasteiger partial charge in [0.05, 0.1) is 6.10 Å². The summed E-state index contributed by atoms with van der Waals surface area (Å²) in [5.41, 5.74) is 0.173. The monoisotopic (exact) mass is 276 g/mol. The molecule has 1 N–H and O–H groups in total. The van der Waals surface area contributed by atoms with Crippen LogP contribution < -0.4 is 4.74 Å². The Labute approximate surface area is 108 Å². The lowest BCUT2D eigenvalue weighted by Gasteiger charge is -2.28. The molecule has 1 aliphatic rings. The molecular weight excluding hydrogens is 261 g/mol. The first kappa shape index (κ1) is 14.1. The van der Waals surface area contributed by atoms with Crippen LogP contribution in [0.1, 0.15) is 24.5 Å². The maximum absolute atomic E-state index is 12.3. The molecule has 0 bridgehead atoms. The summed E-state index contributed by atoms with van der Waals surface area (Å²) in [5, 5.41) is 10.2. The van der Waals surface area contributed by atoms with Gasteiger partial charge >= 0.3 is 6.36 Å². The van der Waals surface area contributed by atoms with Gasteiger partial charge in [-0.3, -0.25) is 0 Å². The van der Waals surface area contributed by atoms with E-state index < -0.39 is 12.5 Å². The van der Waals surface area contributed by atoms with Crippen molar-refractivity contribution in [3.05, 3.63) is 29.8 Å². The molecule has 1 aliphatic heterocycles. The molecular formula is C13H15F3O3. The molecule has 0 saturated carbocycles. The van der Waals surface area contributed by atoms with Gasteiger partial charge in [0.15, 0.2) is 0 Å². The number of hydrogen-bond donors (Lipinski definition) is 1. The van der Waals surface area contributed by atoms with E-state index in [4.69, 9.17) is 4.74 Å². The third-order valence-electron chi connectivity index (χ3n) is 3.18. The Morgan fingerprint density at radius 3 is 2.47 bits per heavy atom. The van der Waals surface area contributed by atoms with Crippen molar-refractivity contribution in [2.75, 3.05) is 13.2 Å². The minimum absolute atomic E-state index is 0.105. The summed E-state index contributed by atoms with van der Waals surface area (Å²) in [4.78, 5) is 0. The fourth-order valence-electron chi connectivity index (χ4n) is 2.23. The summed E-state index contributed by atoms with van der Waals surface area (Å²) in [7, 11) is 0. The highest BCUT2D eigenvalue weighted by atomic mass is 19.4. The average Bonchev–Trinajstić information content (AvgIpc) is 2.38. The highest BCUT2D eigenvalue weighted by Crippen LogP contribution is 2.36. The van der Waals surface area contributed by atoms with Crippen LogP contribution in [0.5, 0.6) is 5.75 Å². The summed E-state index contributed by atoms with van der Waals surface area (Å²) in [6, 6.07) is 5.70. The molecule has 106 valence electrons. The predicted molar refractivity (Wildman–Crippen MR) is 61.6 cm³/mol. The van der Waals surface area contributed by atoms with Crippen LogP contribution >= 0.6 is 0 Å². The van der Waals surface area contributed by atoms with Crippen molar-refractivity contribution < 1.29 is 27.8 Å². The Kier molecular flexibility index (Phi) is 4.31. The van der Waals surface area contributed by atoms with Gasteiger partial charge in [-0.05, 0) is 24.8 Å². The number of aliphatic hydroxyl groups is 1. The number of halogens is 3. The molecule has 0 radical (unpaired) electrons. The molecule has 3 nitrogen and oxygen atoms in total. The fraction of sp³-hybridized carbons (Fsp3) is 0.538. The Balaban J connectivity index is 2.18. The SMILES string of the molecule is OC(c1ccccc1OC(F)(F)F)C1CCOCC1. The molecule has 6 heteroatoms. The Bertz CT molecular complexity index is 414. The van der Waals surface area contributed by atoms with Crippen molar-refractivity contribution in [1.29, 1.82) is 0 Å². The van der Waals surface area contributed by atoms with Gasteiger partial charge in [-0.2, -0.15) is 0 Å². The fourth-order valence-corrected chi connectivity index (χ4v) is 2.23. The van der Waals surface area contributed by atoms with Gasteiger partial charge in [0.25, 0.3) is 0 Å². The molecule has 0 spiro atoms. The van der Waals surface area contributed by atoms with Crippen molar-refractivity contribution >= 4 is 0 Å². The second-order valence-corrected chi connectivity index (χ2v) is 4.48. The average molecular weight is 276 g/mol. The van der Waals surface area contributed by atoms with E-state index >= 15 is 0 Å². The Morgan fingerprint density at radius 2 is 1.84 bits per heavy atom. The van der Waals surface area contributed by atoms with E-state index in [1.165, 1.54) is 18.2 Å². The molecule has 1 unspecified atom stereocenters. The van der Waals surface area contributed by atoms with Crippen LogP contribution in [0, 0.1) is 5.92 Å². The molecule has 19 heavy (non-hydrogen) atoms. The maximum Gasteiger partial charge on any atom is 0.573 e. The number of benzene rings is 1. The van der Waals surface area contributed by atoms with E-state index in [1.807, 2.05) is 0 Å². The van der Waals surface area contributed by atoms with E-state index in [9.17, 15) is 18.3 Å². The zero-order valence-corrected chi connectivity index (χ0v) is 10.2. The summed E-state index contributed by atoms with van der Waals surface area (Å²) in [5.74, 6) is -0.444. The minimum atomic E-state index is -4.76. The van der Waals surface area contributed by atoms with Crippen molar-refractivity contribution in [3.8, 4) is 5.75 Å². The van der Waals surface area contributed by atoms with Gasteiger partial charge in [0.1, 0.15) is 5.75 Å². The lowest BCUT2D eigenvalue weighted by molar-refractivity contribution is -0.275. The minimum Gasteiger partial charge on any atom is -0.405 e. The second-order valence-electron chi connectivity index (χ2n) is 4.48. The Morgan fingerprint density at radius 1 is 1.21 bits per heavy atom. The van der Waals surface area contributed by atoms with Gasteiger partial charge in [-0.25, -0.2) is 0 Å². The Hall–Kier alpha value is -1.27. The van der Waals surface area contributed by atoms with Gasteiger partial charge in [-0.15, -0.1) is 13.2 Å². The zero-order valence-electron chi connectivity index (χ0n) is 10.2. The number of aliphatic hydroxyl groups excluding tert-OH is 1. The van der Waals surface area contributed by atoms with Crippen LogP contribution in [-0.4, -0.2) is 24.7 Å². The first-order chi connectivity index (χ1) is 8.97. The lowest BCUT2D eigenvalue weighted by atomic mass is 9.89. The standard InChI is InChI=1S/C13H15F3O3/c14-13(15,16)19-11-4-2-1-3-10(11)12(17)9-5-7-18-8-6-9/h1-4,9,12,17H,5-8H2. The molecule has 0 amide bonds. The van der Waals surface area contributed by atoms with E-state index in [1.54, 1.807) is 6.07 Å². The normalized spacial score (nSPS) is 19.2. The van der Waals surface area contributed by atoms with Crippen molar-refractivity contribution in [1.82, 2.24) is 0 Å². The zero-order chi connectivity index (χ0) is 13.9. The topological polar surface area (TPSA) is 38.7 Å². The van der Waals surface area contributed by atoms with E-state index in [0.717, 1.165) is 0 Å². The van der Waals surface area contributed by atoms with Crippen molar-refractivity contribution in [2.45, 2.75) is 25.3 Å². The molecule has 0 aromatic heterocycles. The van der Waals surface area contributed by atoms with E-state index in [-0.39, 0.29) is 17.2 Å². The smallest absolute Gasteiger partial charge is 0.405 e. The molecule has 1 aromatic rings. The molecule has 1 saturated heterocycles. The van der Waals surface area contributed by atoms with Crippen LogP contribution in [0.2, 0.25) is 0 Å². The first-order valence-corrected chi connectivity index (χ1v) is 6.08. The number of alkyl halides is 3. The van der Waals surface area contributed by atoms with Crippen LogP contribution in [0.25, 0.3) is 0 Å². The lowest BCUT2D eigenvalue weighted by Crippen LogP contribution is -2.24. The largest absolute Gasteiger partial charge is 0.573 e. The second kappa shape index (κ2) is 5.79. The molecule has 1 heterocycles. The summed E-state index contributed by atoms with van der Waals surface area (Å²) in [6.07, 6.45) is -4.48. The van der Waals surface area contributed by atoms with Gasteiger partial charge in [-0.1, -0.05) is 18.2 Å². The molecule has 0 aliphatic carbocycles. The van der Waals surface area contributed by atoms with Crippen LogP contribution in [0.3, 0.4) is 0 Å². The number of para-hydroxylation sites is 1. The van der Waals surface area contributed by atoms with Crippen LogP contribution in [-0.2, 0) is 4.74 Å². The predicted octanol–water partition coefficient (Wildman–Crippen LogP) is 3.05. The van der Waals surface area contributed by atoms with Crippen molar-refractivity contribution in [2.24, 2.45) is 5.92 Å². The molecule has 2 rings (SSSR count). The van der Waals surface area contributed by atoms with E-state index in [2.05, 4.69) is 4.74 Å². The first-order valence-electron chi connectivity index (χ1n) is 6.08. The van der Waals surface area contributed by atoms with Gasteiger partial charge in [0, 0.05) is 18.8 Å². The van der Waals surface area contributed by atoms with Crippen LogP contribution in [0.15, 0.2) is 24.3 Å². The molecule has 1 fully saturated rings. The maximum atomic E-state index is 12.3. The van der Waals surface area contributed by atoms with Gasteiger partial charge < -0.3 is 14.6 Å².